The number of rotatable bonds is 0. The Morgan fingerprint density at radius 3 is 3.35 bits per heavy atom. The smallest absolute Gasteiger partial charge is 0.257 e. The van der Waals surface area contributed by atoms with Crippen molar-refractivity contribution in [3.63, 3.8) is 0 Å². The predicted molar refractivity (Wildman–Crippen MR) is 72.0 cm³/mol. The first-order valence-corrected chi connectivity index (χ1v) is 6.27. The summed E-state index contributed by atoms with van der Waals surface area (Å²) in [5, 5.41) is 0. The number of aromatic nitrogens is 6. The number of fused-ring (bicyclic) bond motifs is 7. The van der Waals surface area contributed by atoms with Crippen LogP contribution in [0.2, 0.25) is 0 Å². The third-order valence-corrected chi connectivity index (χ3v) is 3.76. The summed E-state index contributed by atoms with van der Waals surface area (Å²) in [6.07, 6.45) is 6.69. The number of hydrogen-bond acceptors (Lipinski definition) is 3. The van der Waals surface area contributed by atoms with Crippen molar-refractivity contribution in [1.29, 1.82) is 0 Å². The maximum Gasteiger partial charge on any atom is 0.295 e. The van der Waals surface area contributed by atoms with E-state index < -0.39 is 6.98 Å². The number of aryl methyl sites for hydroxylation is 1. The Balaban J connectivity index is 2.01. The van der Waals surface area contributed by atoms with Gasteiger partial charge >= 0.3 is 0 Å². The fourth-order valence-electron chi connectivity index (χ4n) is 2.92. The van der Waals surface area contributed by atoms with Gasteiger partial charge in [-0.1, -0.05) is 0 Å². The van der Waals surface area contributed by atoms with Crippen LogP contribution < -0.4 is 4.57 Å². The van der Waals surface area contributed by atoms with Crippen LogP contribution in [0.3, 0.4) is 0 Å². The standard InChI is InChI=1S/C14H11N6/c1-18-13-9-3-2-4-16-10(9)8-20(13)12-14(18)19-6-5-15-7-11(19)17-12/h2-7H,8H2,1H3/q+1/i1D3. The summed E-state index contributed by atoms with van der Waals surface area (Å²) < 4.78 is 29.0. The highest BCUT2D eigenvalue weighted by Gasteiger charge is 2.34. The lowest BCUT2D eigenvalue weighted by molar-refractivity contribution is -0.636. The van der Waals surface area contributed by atoms with E-state index >= 15 is 0 Å². The van der Waals surface area contributed by atoms with Crippen molar-refractivity contribution in [3.8, 4) is 11.4 Å². The molecule has 1 aliphatic heterocycles. The van der Waals surface area contributed by atoms with Crippen LogP contribution in [0.4, 0.5) is 0 Å². The highest BCUT2D eigenvalue weighted by molar-refractivity contribution is 5.76. The van der Waals surface area contributed by atoms with Crippen molar-refractivity contribution in [2.45, 2.75) is 6.54 Å². The highest BCUT2D eigenvalue weighted by Crippen LogP contribution is 2.31. The second-order valence-electron chi connectivity index (χ2n) is 4.81. The largest absolute Gasteiger partial charge is 0.295 e. The highest BCUT2D eigenvalue weighted by atomic mass is 15.3. The third kappa shape index (κ3) is 1.01. The molecule has 20 heavy (non-hydrogen) atoms. The molecule has 1 aliphatic rings. The first-order valence-electron chi connectivity index (χ1n) is 7.77. The Morgan fingerprint density at radius 1 is 1.40 bits per heavy atom. The lowest BCUT2D eigenvalue weighted by Crippen LogP contribution is -2.30. The Morgan fingerprint density at radius 2 is 2.40 bits per heavy atom. The van der Waals surface area contributed by atoms with Gasteiger partial charge in [-0.05, 0) is 12.1 Å². The first-order chi connectivity index (χ1) is 11.1. The van der Waals surface area contributed by atoms with Gasteiger partial charge in [-0.3, -0.25) is 9.97 Å². The minimum Gasteiger partial charge on any atom is -0.257 e. The van der Waals surface area contributed by atoms with E-state index in [1.54, 1.807) is 29.2 Å². The summed E-state index contributed by atoms with van der Waals surface area (Å²) >= 11 is 0. The zero-order chi connectivity index (χ0) is 15.8. The molecule has 5 rings (SSSR count). The third-order valence-electron chi connectivity index (χ3n) is 3.76. The number of imidazole rings is 2. The molecule has 0 atom stereocenters. The Bertz CT molecular complexity index is 1090. The average molecular weight is 266 g/mol. The van der Waals surface area contributed by atoms with Gasteiger partial charge in [0, 0.05) is 6.20 Å². The zero-order valence-corrected chi connectivity index (χ0v) is 10.4. The second kappa shape index (κ2) is 3.22. The monoisotopic (exact) mass is 266 g/mol. The summed E-state index contributed by atoms with van der Waals surface area (Å²) in [6, 6.07) is 3.72. The average Bonchev–Trinajstić information content (AvgIpc) is 3.13. The molecule has 4 aromatic rings. The van der Waals surface area contributed by atoms with Crippen LogP contribution in [-0.4, -0.2) is 23.9 Å². The summed E-state index contributed by atoms with van der Waals surface area (Å²) in [4.78, 5) is 13.0. The van der Waals surface area contributed by atoms with Crippen LogP contribution >= 0.6 is 0 Å². The molecule has 0 fully saturated rings. The van der Waals surface area contributed by atoms with E-state index in [1.807, 2.05) is 16.7 Å². The van der Waals surface area contributed by atoms with Crippen LogP contribution in [0.25, 0.3) is 28.3 Å². The van der Waals surface area contributed by atoms with E-state index in [2.05, 4.69) is 15.0 Å². The molecule has 6 nitrogen and oxygen atoms in total. The van der Waals surface area contributed by atoms with Gasteiger partial charge < -0.3 is 0 Å². The summed E-state index contributed by atoms with van der Waals surface area (Å²) in [5.41, 5.74) is 3.49. The van der Waals surface area contributed by atoms with Crippen LogP contribution in [0.15, 0.2) is 36.9 Å². The predicted octanol–water partition coefficient (Wildman–Crippen LogP) is 0.932. The van der Waals surface area contributed by atoms with E-state index in [0.717, 1.165) is 11.3 Å². The van der Waals surface area contributed by atoms with E-state index in [4.69, 9.17) is 4.11 Å². The summed E-state index contributed by atoms with van der Waals surface area (Å²) in [5.74, 6) is 0.622. The molecule has 96 valence electrons. The van der Waals surface area contributed by atoms with Gasteiger partial charge in [0.2, 0.25) is 11.5 Å². The quantitative estimate of drug-likeness (QED) is 0.392. The Hall–Kier alpha value is -2.76. The minimum atomic E-state index is -2.32. The van der Waals surface area contributed by atoms with E-state index in [1.165, 1.54) is 4.57 Å². The van der Waals surface area contributed by atoms with Gasteiger partial charge in [0.15, 0.2) is 0 Å². The van der Waals surface area contributed by atoms with Crippen molar-refractivity contribution < 1.29 is 8.68 Å². The molecule has 0 N–H and O–H groups in total. The van der Waals surface area contributed by atoms with Gasteiger partial charge in [-0.25, -0.2) is 13.5 Å². The van der Waals surface area contributed by atoms with Gasteiger partial charge in [0.05, 0.1) is 40.9 Å². The molecule has 0 aliphatic carbocycles. The second-order valence-corrected chi connectivity index (χ2v) is 4.81. The van der Waals surface area contributed by atoms with Crippen molar-refractivity contribution in [2.24, 2.45) is 6.98 Å². The molecule has 0 spiro atoms. The maximum atomic E-state index is 8.00. The fraction of sp³-hybridized carbons (Fsp3) is 0.143. The molecule has 0 unspecified atom stereocenters. The molecule has 0 radical (unpaired) electrons. The molecular weight excluding hydrogens is 252 g/mol. The zero-order valence-electron chi connectivity index (χ0n) is 13.4. The maximum absolute atomic E-state index is 8.00. The van der Waals surface area contributed by atoms with Crippen LogP contribution in [-0.2, 0) is 13.5 Å². The van der Waals surface area contributed by atoms with Gasteiger partial charge in [0.1, 0.15) is 6.54 Å². The number of hydrogen-bond donors (Lipinski definition) is 0. The lowest BCUT2D eigenvalue weighted by Gasteiger charge is -1.96. The lowest BCUT2D eigenvalue weighted by atomic mass is 10.2. The van der Waals surface area contributed by atoms with Crippen LogP contribution in [0.5, 0.6) is 0 Å². The molecule has 5 heterocycles. The van der Waals surface area contributed by atoms with Crippen molar-refractivity contribution in [1.82, 2.24) is 23.9 Å². The molecule has 0 aromatic carbocycles. The summed E-state index contributed by atoms with van der Waals surface area (Å²) in [7, 11) is 0. The topological polar surface area (TPSA) is 51.9 Å². The Kier molecular flexibility index (Phi) is 1.24. The first kappa shape index (κ1) is 7.74. The molecule has 0 saturated heterocycles. The Labute approximate surface area is 118 Å². The molecular formula is C14H11N6+. The normalized spacial score (nSPS) is 15.9. The van der Waals surface area contributed by atoms with Crippen molar-refractivity contribution in [3.05, 3.63) is 42.6 Å². The SMILES string of the molecule is [2H]C([2H])([2H])[n+]1c2n(c3nc4cnccn4c31)Cc1ncccc1-2. The number of nitrogens with zero attached hydrogens (tertiary/aromatic N) is 6. The molecule has 0 amide bonds. The van der Waals surface area contributed by atoms with Crippen LogP contribution in [0, 0.1) is 0 Å². The summed E-state index contributed by atoms with van der Waals surface area (Å²) in [6.45, 7) is -1.81. The molecule has 0 bridgehead atoms. The fourth-order valence-corrected chi connectivity index (χ4v) is 2.92. The number of pyridine rings is 1. The molecule has 4 aromatic heterocycles. The van der Waals surface area contributed by atoms with E-state index in [-0.39, 0.29) is 0 Å². The van der Waals surface area contributed by atoms with Gasteiger partial charge in [-0.15, -0.1) is 0 Å². The van der Waals surface area contributed by atoms with Crippen molar-refractivity contribution in [2.75, 3.05) is 0 Å². The van der Waals surface area contributed by atoms with E-state index in [0.29, 0.717) is 29.3 Å². The van der Waals surface area contributed by atoms with Crippen molar-refractivity contribution >= 4 is 16.9 Å². The van der Waals surface area contributed by atoms with E-state index in [9.17, 15) is 0 Å². The molecule has 0 saturated carbocycles. The van der Waals surface area contributed by atoms with Crippen LogP contribution in [0.1, 0.15) is 9.81 Å². The van der Waals surface area contributed by atoms with Gasteiger partial charge in [0.25, 0.3) is 11.3 Å². The minimum absolute atomic E-state index is 0.516. The molecule has 6 heteroatoms. The van der Waals surface area contributed by atoms with Gasteiger partial charge in [-0.2, -0.15) is 4.98 Å².